The maximum atomic E-state index is 12.2. The van der Waals surface area contributed by atoms with Gasteiger partial charge >= 0.3 is 5.97 Å². The van der Waals surface area contributed by atoms with Crippen LogP contribution in [-0.2, 0) is 16.1 Å². The molecule has 0 saturated heterocycles. The molecule has 2 heterocycles. The Morgan fingerprint density at radius 2 is 1.78 bits per heavy atom. The molecule has 2 aromatic heterocycles. The second-order valence-corrected chi connectivity index (χ2v) is 7.40. The Morgan fingerprint density at radius 1 is 1.11 bits per heavy atom. The normalized spacial score (nSPS) is 11.6. The predicted octanol–water partition coefficient (Wildman–Crippen LogP) is 3.35. The number of nitrogens with zero attached hydrogens (tertiary/aromatic N) is 4. The van der Waals surface area contributed by atoms with Crippen molar-refractivity contribution in [3.63, 3.8) is 0 Å². The van der Waals surface area contributed by atoms with Crippen molar-refractivity contribution in [1.82, 2.24) is 19.7 Å². The van der Waals surface area contributed by atoms with Gasteiger partial charge in [0.25, 0.3) is 0 Å². The monoisotopic (exact) mass is 366 g/mol. The molecule has 0 amide bonds. The number of fused-ring (bicyclic) bond motifs is 1. The molecule has 0 aliphatic rings. The Bertz CT molecular complexity index is 1010. The maximum absolute atomic E-state index is 12.2. The van der Waals surface area contributed by atoms with Crippen molar-refractivity contribution >= 4 is 22.7 Å². The summed E-state index contributed by atoms with van der Waals surface area (Å²) >= 11 is 0. The number of ether oxygens (including phenoxy) is 1. The summed E-state index contributed by atoms with van der Waals surface area (Å²) in [5.41, 5.74) is 2.16. The topological polar surface area (TPSA) is 87.0 Å². The van der Waals surface area contributed by atoms with Gasteiger partial charge in [-0.25, -0.2) is 9.97 Å². The average molecular weight is 366 g/mol. The molecule has 0 unspecified atom stereocenters. The van der Waals surface area contributed by atoms with Gasteiger partial charge in [0.1, 0.15) is 23.7 Å². The van der Waals surface area contributed by atoms with E-state index in [4.69, 9.17) is 4.74 Å². The molecule has 0 bridgehead atoms. The third-order valence-electron chi connectivity index (χ3n) is 3.90. The molecule has 0 spiro atoms. The molecule has 0 radical (unpaired) electrons. The summed E-state index contributed by atoms with van der Waals surface area (Å²) in [5.74, 6) is 0.118. The quantitative estimate of drug-likeness (QED) is 0.520. The lowest BCUT2D eigenvalue weighted by atomic mass is 10.0. The van der Waals surface area contributed by atoms with E-state index in [0.29, 0.717) is 22.4 Å². The standard InChI is InChI=1S/C20H22N4O3/c1-12(25)19-16-8-14(15-9-21-13(2)22-10-15)6-7-17(16)24(23-19)11-18(26)27-20(3,4)5/h6-10H,11H2,1-5H3. The summed E-state index contributed by atoms with van der Waals surface area (Å²) in [6.45, 7) is 8.64. The molecule has 0 saturated carbocycles. The molecule has 0 N–H and O–H groups in total. The van der Waals surface area contributed by atoms with Crippen LogP contribution < -0.4 is 0 Å². The molecule has 0 aliphatic heterocycles. The number of Topliss-reactive ketones (excluding diaryl/α,β-unsaturated/α-hetero) is 1. The first-order chi connectivity index (χ1) is 12.6. The molecular weight excluding hydrogens is 344 g/mol. The Labute approximate surface area is 157 Å². The molecule has 0 fully saturated rings. The highest BCUT2D eigenvalue weighted by atomic mass is 16.6. The smallest absolute Gasteiger partial charge is 0.328 e. The van der Waals surface area contributed by atoms with Crippen LogP contribution >= 0.6 is 0 Å². The Hall–Kier alpha value is -3.09. The first-order valence-corrected chi connectivity index (χ1v) is 8.66. The van der Waals surface area contributed by atoms with E-state index in [1.54, 1.807) is 12.4 Å². The lowest BCUT2D eigenvalue weighted by Gasteiger charge is -2.19. The highest BCUT2D eigenvalue weighted by molar-refractivity contribution is 6.06. The average Bonchev–Trinajstić information content (AvgIpc) is 2.92. The first kappa shape index (κ1) is 18.7. The zero-order chi connectivity index (χ0) is 19.8. The van der Waals surface area contributed by atoms with Crippen LogP contribution in [0.1, 0.15) is 44.0 Å². The van der Waals surface area contributed by atoms with E-state index in [-0.39, 0.29) is 12.3 Å². The highest BCUT2D eigenvalue weighted by Crippen LogP contribution is 2.26. The van der Waals surface area contributed by atoms with Gasteiger partial charge in [-0.15, -0.1) is 0 Å². The van der Waals surface area contributed by atoms with E-state index in [0.717, 1.165) is 11.1 Å². The van der Waals surface area contributed by atoms with E-state index in [2.05, 4.69) is 15.1 Å². The number of aryl methyl sites for hydroxylation is 1. The van der Waals surface area contributed by atoms with Crippen LogP contribution in [0.25, 0.3) is 22.0 Å². The number of aromatic nitrogens is 4. The number of ketones is 1. The Balaban J connectivity index is 2.03. The molecule has 0 aliphatic carbocycles. The van der Waals surface area contributed by atoms with E-state index >= 15 is 0 Å². The zero-order valence-electron chi connectivity index (χ0n) is 16.1. The van der Waals surface area contributed by atoms with E-state index in [1.807, 2.05) is 45.9 Å². The van der Waals surface area contributed by atoms with E-state index in [1.165, 1.54) is 11.6 Å². The SMILES string of the molecule is CC(=O)c1nn(CC(=O)OC(C)(C)C)c2ccc(-c3cnc(C)nc3)cc12. The lowest BCUT2D eigenvalue weighted by molar-refractivity contribution is -0.155. The third kappa shape index (κ3) is 4.19. The molecule has 0 atom stereocenters. The van der Waals surface area contributed by atoms with Gasteiger partial charge < -0.3 is 4.74 Å². The lowest BCUT2D eigenvalue weighted by Crippen LogP contribution is -2.26. The maximum Gasteiger partial charge on any atom is 0.328 e. The van der Waals surface area contributed by atoms with Gasteiger partial charge in [0.2, 0.25) is 0 Å². The van der Waals surface area contributed by atoms with Crippen LogP contribution in [0.2, 0.25) is 0 Å². The summed E-state index contributed by atoms with van der Waals surface area (Å²) < 4.78 is 6.87. The minimum atomic E-state index is -0.581. The van der Waals surface area contributed by atoms with Crippen LogP contribution in [0, 0.1) is 6.92 Å². The molecule has 7 nitrogen and oxygen atoms in total. The third-order valence-corrected chi connectivity index (χ3v) is 3.90. The number of benzene rings is 1. The Kier molecular flexibility index (Phi) is 4.78. The summed E-state index contributed by atoms with van der Waals surface area (Å²) in [7, 11) is 0. The number of carbonyl (C=O) groups excluding carboxylic acids is 2. The molecule has 3 aromatic rings. The fourth-order valence-corrected chi connectivity index (χ4v) is 2.78. The molecule has 7 heteroatoms. The van der Waals surface area contributed by atoms with E-state index < -0.39 is 11.6 Å². The zero-order valence-corrected chi connectivity index (χ0v) is 16.1. The van der Waals surface area contributed by atoms with Gasteiger partial charge in [-0.05, 0) is 45.4 Å². The number of carbonyl (C=O) groups is 2. The van der Waals surface area contributed by atoms with Crippen molar-refractivity contribution in [3.8, 4) is 11.1 Å². The minimum absolute atomic E-state index is 0.0615. The summed E-state index contributed by atoms with van der Waals surface area (Å²) in [6.07, 6.45) is 3.48. The van der Waals surface area contributed by atoms with Gasteiger partial charge in [0, 0.05) is 30.3 Å². The number of hydrogen-bond acceptors (Lipinski definition) is 6. The van der Waals surface area contributed by atoms with E-state index in [9.17, 15) is 9.59 Å². The van der Waals surface area contributed by atoms with Gasteiger partial charge in [0.05, 0.1) is 5.52 Å². The van der Waals surface area contributed by atoms with Crippen molar-refractivity contribution < 1.29 is 14.3 Å². The van der Waals surface area contributed by atoms with Crippen molar-refractivity contribution in [3.05, 3.63) is 42.1 Å². The minimum Gasteiger partial charge on any atom is -0.459 e. The molecule has 1 aromatic carbocycles. The highest BCUT2D eigenvalue weighted by Gasteiger charge is 2.20. The van der Waals surface area contributed by atoms with Crippen LogP contribution in [0.3, 0.4) is 0 Å². The van der Waals surface area contributed by atoms with Gasteiger partial charge in [-0.1, -0.05) is 6.07 Å². The second-order valence-electron chi connectivity index (χ2n) is 7.40. The fraction of sp³-hybridized carbons (Fsp3) is 0.350. The largest absolute Gasteiger partial charge is 0.459 e. The number of esters is 1. The summed E-state index contributed by atoms with van der Waals surface area (Å²) in [4.78, 5) is 32.7. The van der Waals surface area contributed by atoms with Crippen molar-refractivity contribution in [2.75, 3.05) is 0 Å². The molecular formula is C20H22N4O3. The van der Waals surface area contributed by atoms with Crippen LogP contribution in [-0.4, -0.2) is 37.1 Å². The molecule has 140 valence electrons. The number of hydrogen-bond donors (Lipinski definition) is 0. The van der Waals surface area contributed by atoms with Crippen LogP contribution in [0.5, 0.6) is 0 Å². The van der Waals surface area contributed by atoms with Gasteiger partial charge in [0.15, 0.2) is 5.78 Å². The van der Waals surface area contributed by atoms with Gasteiger partial charge in [-0.3, -0.25) is 14.3 Å². The van der Waals surface area contributed by atoms with Crippen molar-refractivity contribution in [2.24, 2.45) is 0 Å². The van der Waals surface area contributed by atoms with Crippen molar-refractivity contribution in [1.29, 1.82) is 0 Å². The van der Waals surface area contributed by atoms with Crippen molar-refractivity contribution in [2.45, 2.75) is 46.8 Å². The Morgan fingerprint density at radius 3 is 2.37 bits per heavy atom. The number of rotatable bonds is 4. The first-order valence-electron chi connectivity index (χ1n) is 8.66. The fourth-order valence-electron chi connectivity index (χ4n) is 2.78. The summed E-state index contributed by atoms with van der Waals surface area (Å²) in [5, 5.41) is 5.03. The second kappa shape index (κ2) is 6.90. The van der Waals surface area contributed by atoms with Gasteiger partial charge in [-0.2, -0.15) is 5.10 Å². The van der Waals surface area contributed by atoms with Crippen LogP contribution in [0.15, 0.2) is 30.6 Å². The van der Waals surface area contributed by atoms with Crippen LogP contribution in [0.4, 0.5) is 0 Å². The summed E-state index contributed by atoms with van der Waals surface area (Å²) in [6, 6.07) is 5.61. The molecule has 3 rings (SSSR count). The predicted molar refractivity (Wildman–Crippen MR) is 101 cm³/mol. The molecule has 27 heavy (non-hydrogen) atoms.